The van der Waals surface area contributed by atoms with Gasteiger partial charge in [-0.25, -0.2) is 4.79 Å². The van der Waals surface area contributed by atoms with Crippen LogP contribution in [0.5, 0.6) is 0 Å². The number of ether oxygens (including phenoxy) is 1. The Kier molecular flexibility index (Phi) is 6.56. The summed E-state index contributed by atoms with van der Waals surface area (Å²) in [6, 6.07) is 0. The van der Waals surface area contributed by atoms with E-state index in [1.165, 1.54) is 0 Å². The highest BCUT2D eigenvalue weighted by Crippen LogP contribution is 2.17. The molecule has 1 aromatic heterocycles. The Bertz CT molecular complexity index is 401. The van der Waals surface area contributed by atoms with Gasteiger partial charge in [-0.15, -0.1) is 0 Å². The van der Waals surface area contributed by atoms with Crippen molar-refractivity contribution in [3.63, 3.8) is 0 Å². The SMILES string of the molecule is CCCCN(CC)Cc1c(C(=O)OCC)noc1C. The molecule has 1 rings (SSSR count). The van der Waals surface area contributed by atoms with Gasteiger partial charge in [0.05, 0.1) is 6.61 Å². The van der Waals surface area contributed by atoms with Gasteiger partial charge in [0.1, 0.15) is 5.76 Å². The fourth-order valence-electron chi connectivity index (χ4n) is 1.89. The number of hydrogen-bond donors (Lipinski definition) is 0. The number of carbonyl (C=O) groups excluding carboxylic acids is 1. The first-order valence-electron chi connectivity index (χ1n) is 6.98. The second kappa shape index (κ2) is 7.94. The maximum Gasteiger partial charge on any atom is 0.360 e. The van der Waals surface area contributed by atoms with Gasteiger partial charge in [-0.05, 0) is 33.4 Å². The Labute approximate surface area is 114 Å². The first-order valence-corrected chi connectivity index (χ1v) is 6.98. The van der Waals surface area contributed by atoms with E-state index in [4.69, 9.17) is 9.26 Å². The largest absolute Gasteiger partial charge is 0.461 e. The van der Waals surface area contributed by atoms with Gasteiger partial charge >= 0.3 is 5.97 Å². The van der Waals surface area contributed by atoms with Gasteiger partial charge in [-0.3, -0.25) is 4.90 Å². The molecule has 1 aromatic rings. The molecule has 0 amide bonds. The second-order valence-electron chi connectivity index (χ2n) is 4.51. The highest BCUT2D eigenvalue weighted by atomic mass is 16.5. The molecule has 0 saturated heterocycles. The molecule has 0 radical (unpaired) electrons. The van der Waals surface area contributed by atoms with E-state index in [0.29, 0.717) is 24.6 Å². The zero-order valence-electron chi connectivity index (χ0n) is 12.4. The summed E-state index contributed by atoms with van der Waals surface area (Å²) in [5.41, 5.74) is 1.16. The van der Waals surface area contributed by atoms with E-state index < -0.39 is 5.97 Å². The molecule has 0 bridgehead atoms. The standard InChI is InChI=1S/C14H24N2O3/c1-5-8-9-16(6-2)10-12-11(4)19-15-13(12)14(17)18-7-3/h5-10H2,1-4H3. The van der Waals surface area contributed by atoms with Gasteiger partial charge in [-0.2, -0.15) is 0 Å². The van der Waals surface area contributed by atoms with Gasteiger partial charge in [0.2, 0.25) is 0 Å². The van der Waals surface area contributed by atoms with Crippen molar-refractivity contribution in [1.82, 2.24) is 10.1 Å². The lowest BCUT2D eigenvalue weighted by atomic mass is 10.1. The fraction of sp³-hybridized carbons (Fsp3) is 0.714. The number of carbonyl (C=O) groups is 1. The normalized spacial score (nSPS) is 11.0. The average Bonchev–Trinajstić information content (AvgIpc) is 2.76. The van der Waals surface area contributed by atoms with E-state index >= 15 is 0 Å². The first kappa shape index (κ1) is 15.7. The van der Waals surface area contributed by atoms with Crippen molar-refractivity contribution in [2.45, 2.75) is 47.1 Å². The average molecular weight is 268 g/mol. The van der Waals surface area contributed by atoms with Crippen LogP contribution in [0, 0.1) is 6.92 Å². The third-order valence-electron chi connectivity index (χ3n) is 3.11. The Morgan fingerprint density at radius 1 is 1.37 bits per heavy atom. The second-order valence-corrected chi connectivity index (χ2v) is 4.51. The summed E-state index contributed by atoms with van der Waals surface area (Å²) in [6.45, 7) is 10.9. The lowest BCUT2D eigenvalue weighted by Gasteiger charge is -2.19. The van der Waals surface area contributed by atoms with Crippen LogP contribution in [0.4, 0.5) is 0 Å². The Morgan fingerprint density at radius 2 is 2.11 bits per heavy atom. The number of esters is 1. The van der Waals surface area contributed by atoms with Crippen LogP contribution < -0.4 is 0 Å². The van der Waals surface area contributed by atoms with Gasteiger partial charge in [0.25, 0.3) is 0 Å². The third kappa shape index (κ3) is 4.35. The molecule has 0 aromatic carbocycles. The van der Waals surface area contributed by atoms with Gasteiger partial charge in [0, 0.05) is 12.1 Å². The van der Waals surface area contributed by atoms with Gasteiger partial charge < -0.3 is 9.26 Å². The van der Waals surface area contributed by atoms with Crippen molar-refractivity contribution >= 4 is 5.97 Å². The maximum absolute atomic E-state index is 11.8. The van der Waals surface area contributed by atoms with Gasteiger partial charge in [0.15, 0.2) is 5.69 Å². The van der Waals surface area contributed by atoms with Crippen LogP contribution in [0.25, 0.3) is 0 Å². The Hall–Kier alpha value is -1.36. The zero-order chi connectivity index (χ0) is 14.3. The summed E-state index contributed by atoms with van der Waals surface area (Å²) in [6.07, 6.45) is 2.30. The molecule has 108 valence electrons. The molecular formula is C14H24N2O3. The van der Waals surface area contributed by atoms with Crippen LogP contribution in [-0.2, 0) is 11.3 Å². The molecule has 0 spiro atoms. The highest BCUT2D eigenvalue weighted by Gasteiger charge is 2.22. The fourth-order valence-corrected chi connectivity index (χ4v) is 1.89. The van der Waals surface area contributed by atoms with E-state index in [9.17, 15) is 4.79 Å². The molecule has 0 aliphatic carbocycles. The maximum atomic E-state index is 11.8. The monoisotopic (exact) mass is 268 g/mol. The third-order valence-corrected chi connectivity index (χ3v) is 3.11. The van der Waals surface area contributed by atoms with E-state index in [1.807, 2.05) is 6.92 Å². The first-order chi connectivity index (χ1) is 9.13. The minimum atomic E-state index is -0.402. The van der Waals surface area contributed by atoms with Crippen molar-refractivity contribution < 1.29 is 14.1 Å². The molecule has 0 fully saturated rings. The number of nitrogens with zero attached hydrogens (tertiary/aromatic N) is 2. The molecule has 0 unspecified atom stereocenters. The summed E-state index contributed by atoms with van der Waals surface area (Å²) in [5, 5.41) is 3.83. The number of hydrogen-bond acceptors (Lipinski definition) is 5. The van der Waals surface area contributed by atoms with E-state index in [2.05, 4.69) is 23.9 Å². The molecule has 0 N–H and O–H groups in total. The molecule has 0 saturated carbocycles. The van der Waals surface area contributed by atoms with Gasteiger partial charge in [-0.1, -0.05) is 25.4 Å². The summed E-state index contributed by atoms with van der Waals surface area (Å²) in [5.74, 6) is 0.291. The van der Waals surface area contributed by atoms with E-state index in [1.54, 1.807) is 6.92 Å². The molecule has 19 heavy (non-hydrogen) atoms. The van der Waals surface area contributed by atoms with Crippen molar-refractivity contribution in [2.24, 2.45) is 0 Å². The smallest absolute Gasteiger partial charge is 0.360 e. The van der Waals surface area contributed by atoms with E-state index in [0.717, 1.165) is 31.5 Å². The molecule has 0 atom stereocenters. The van der Waals surface area contributed by atoms with Crippen LogP contribution in [0.15, 0.2) is 4.52 Å². The molecule has 5 heteroatoms. The summed E-state index contributed by atoms with van der Waals surface area (Å²) in [7, 11) is 0. The lowest BCUT2D eigenvalue weighted by Crippen LogP contribution is -2.25. The minimum Gasteiger partial charge on any atom is -0.461 e. The summed E-state index contributed by atoms with van der Waals surface area (Å²) in [4.78, 5) is 14.1. The van der Waals surface area contributed by atoms with Crippen molar-refractivity contribution in [3.8, 4) is 0 Å². The zero-order valence-corrected chi connectivity index (χ0v) is 12.4. The molecule has 0 aliphatic heterocycles. The number of rotatable bonds is 8. The topological polar surface area (TPSA) is 55.6 Å². The van der Waals surface area contributed by atoms with Crippen molar-refractivity contribution in [2.75, 3.05) is 19.7 Å². The highest BCUT2D eigenvalue weighted by molar-refractivity contribution is 5.88. The van der Waals surface area contributed by atoms with Crippen LogP contribution >= 0.6 is 0 Å². The van der Waals surface area contributed by atoms with Crippen molar-refractivity contribution in [1.29, 1.82) is 0 Å². The molecule has 0 aliphatic rings. The number of aryl methyl sites for hydroxylation is 1. The quantitative estimate of drug-likeness (QED) is 0.679. The molecule has 5 nitrogen and oxygen atoms in total. The number of unbranched alkanes of at least 4 members (excludes halogenated alkanes) is 1. The summed E-state index contributed by atoms with van der Waals surface area (Å²) >= 11 is 0. The Balaban J connectivity index is 2.80. The Morgan fingerprint density at radius 3 is 2.68 bits per heavy atom. The predicted octanol–water partition coefficient (Wildman–Crippen LogP) is 2.78. The van der Waals surface area contributed by atoms with Crippen LogP contribution in [0.2, 0.25) is 0 Å². The van der Waals surface area contributed by atoms with E-state index in [-0.39, 0.29) is 0 Å². The number of aromatic nitrogens is 1. The minimum absolute atomic E-state index is 0.314. The van der Waals surface area contributed by atoms with Crippen LogP contribution in [-0.4, -0.2) is 35.7 Å². The van der Waals surface area contributed by atoms with Crippen LogP contribution in [0.3, 0.4) is 0 Å². The lowest BCUT2D eigenvalue weighted by molar-refractivity contribution is 0.0512. The summed E-state index contributed by atoms with van der Waals surface area (Å²) < 4.78 is 10.1. The predicted molar refractivity (Wildman–Crippen MR) is 73.1 cm³/mol. The molecular weight excluding hydrogens is 244 g/mol. The van der Waals surface area contributed by atoms with Crippen molar-refractivity contribution in [3.05, 3.63) is 17.0 Å². The van der Waals surface area contributed by atoms with Crippen LogP contribution in [0.1, 0.15) is 55.4 Å². The molecule has 1 heterocycles.